The van der Waals surface area contributed by atoms with E-state index in [0.29, 0.717) is 6.42 Å². The largest absolute Gasteiger partial charge is 0.469 e. The molecule has 0 radical (unpaired) electrons. The molecule has 5 nitrogen and oxygen atoms in total. The molecule has 7 heteroatoms. The second-order valence-electron chi connectivity index (χ2n) is 5.22. The van der Waals surface area contributed by atoms with Crippen LogP contribution in [0.15, 0.2) is 0 Å². The maximum Gasteiger partial charge on any atom is 0.307 e. The first-order chi connectivity index (χ1) is 9.55. The maximum absolute atomic E-state index is 12.2. The molecular formula is C14H27ClN2O3S. The van der Waals surface area contributed by atoms with Crippen molar-refractivity contribution in [3.05, 3.63) is 0 Å². The summed E-state index contributed by atoms with van der Waals surface area (Å²) in [6.07, 6.45) is 2.14. The molecule has 1 heterocycles. The number of halogens is 1. The minimum Gasteiger partial charge on any atom is -0.469 e. The van der Waals surface area contributed by atoms with Gasteiger partial charge < -0.3 is 15.4 Å². The normalized spacial score (nSPS) is 18.5. The van der Waals surface area contributed by atoms with Crippen LogP contribution < -0.4 is 10.6 Å². The minimum atomic E-state index is -0.480. The van der Waals surface area contributed by atoms with Crippen LogP contribution in [0.5, 0.6) is 0 Å². The monoisotopic (exact) mass is 338 g/mol. The molecule has 0 aromatic rings. The molecule has 124 valence electrons. The Balaban J connectivity index is 0.00000400. The summed E-state index contributed by atoms with van der Waals surface area (Å²) in [6.45, 7) is 4.93. The van der Waals surface area contributed by atoms with Gasteiger partial charge in [0.05, 0.1) is 13.5 Å². The number of thioether (sulfide) groups is 1. The van der Waals surface area contributed by atoms with Crippen molar-refractivity contribution in [1.82, 2.24) is 10.6 Å². The molecule has 1 fully saturated rings. The molecule has 1 aliphatic rings. The highest BCUT2D eigenvalue weighted by Crippen LogP contribution is 2.21. The van der Waals surface area contributed by atoms with Gasteiger partial charge in [-0.1, -0.05) is 13.8 Å². The van der Waals surface area contributed by atoms with E-state index >= 15 is 0 Å². The van der Waals surface area contributed by atoms with Gasteiger partial charge in [-0.25, -0.2) is 0 Å². The molecule has 1 atom stereocenters. The number of carbonyl (C=O) groups is 2. The second kappa shape index (κ2) is 10.3. The van der Waals surface area contributed by atoms with Crippen LogP contribution in [0.4, 0.5) is 0 Å². The molecule has 1 aliphatic heterocycles. The van der Waals surface area contributed by atoms with Gasteiger partial charge in [0.25, 0.3) is 0 Å². The maximum atomic E-state index is 12.2. The van der Waals surface area contributed by atoms with Gasteiger partial charge in [-0.15, -0.1) is 12.4 Å². The van der Waals surface area contributed by atoms with Crippen LogP contribution in [-0.2, 0) is 14.3 Å². The molecule has 0 aliphatic carbocycles. The number of ether oxygens (including phenoxy) is 1. The third-order valence-corrected chi connectivity index (χ3v) is 5.03. The van der Waals surface area contributed by atoms with Gasteiger partial charge in [0, 0.05) is 36.1 Å². The number of rotatable bonds is 7. The molecule has 1 amide bonds. The molecule has 1 saturated heterocycles. The number of hydrogen-bond donors (Lipinski definition) is 2. The number of methoxy groups -OCH3 is 1. The van der Waals surface area contributed by atoms with Crippen molar-refractivity contribution < 1.29 is 14.3 Å². The van der Waals surface area contributed by atoms with E-state index in [0.717, 1.165) is 30.9 Å². The molecule has 0 bridgehead atoms. The highest BCUT2D eigenvalue weighted by atomic mass is 35.5. The van der Waals surface area contributed by atoms with Gasteiger partial charge in [0.2, 0.25) is 5.91 Å². The Morgan fingerprint density at radius 2 is 2.05 bits per heavy atom. The van der Waals surface area contributed by atoms with E-state index < -0.39 is 5.54 Å². The fourth-order valence-electron chi connectivity index (χ4n) is 2.39. The summed E-state index contributed by atoms with van der Waals surface area (Å²) in [6, 6.07) is 0.235. The van der Waals surface area contributed by atoms with Gasteiger partial charge in [0.15, 0.2) is 0 Å². The molecule has 1 rings (SSSR count). The topological polar surface area (TPSA) is 67.4 Å². The Kier molecular flexibility index (Phi) is 10.1. The van der Waals surface area contributed by atoms with Crippen LogP contribution in [-0.4, -0.2) is 48.6 Å². The van der Waals surface area contributed by atoms with E-state index in [9.17, 15) is 9.59 Å². The van der Waals surface area contributed by atoms with Gasteiger partial charge in [-0.2, -0.15) is 11.8 Å². The second-order valence-corrected chi connectivity index (χ2v) is 6.37. The van der Waals surface area contributed by atoms with E-state index in [1.807, 2.05) is 25.6 Å². The Hall–Kier alpha value is -0.460. The van der Waals surface area contributed by atoms with Gasteiger partial charge in [-0.3, -0.25) is 9.59 Å². The zero-order valence-electron chi connectivity index (χ0n) is 13.1. The predicted molar refractivity (Wildman–Crippen MR) is 89.1 cm³/mol. The first-order valence-electron chi connectivity index (χ1n) is 7.24. The summed E-state index contributed by atoms with van der Waals surface area (Å²) in [7, 11) is 1.38. The third-order valence-electron chi connectivity index (χ3n) is 3.90. The predicted octanol–water partition coefficient (Wildman–Crippen LogP) is 1.74. The van der Waals surface area contributed by atoms with Crippen LogP contribution >= 0.6 is 24.2 Å². The average Bonchev–Trinajstić information content (AvgIpc) is 2.47. The van der Waals surface area contributed by atoms with Crippen molar-refractivity contribution in [1.29, 1.82) is 0 Å². The molecule has 0 saturated carbocycles. The van der Waals surface area contributed by atoms with Gasteiger partial charge >= 0.3 is 5.97 Å². The quantitative estimate of drug-likeness (QED) is 0.692. The molecule has 0 aromatic carbocycles. The highest BCUT2D eigenvalue weighted by molar-refractivity contribution is 7.99. The summed E-state index contributed by atoms with van der Waals surface area (Å²) >= 11 is 1.87. The summed E-state index contributed by atoms with van der Waals surface area (Å²) in [5.41, 5.74) is -0.480. The van der Waals surface area contributed by atoms with E-state index in [4.69, 9.17) is 4.74 Å². The lowest BCUT2D eigenvalue weighted by Gasteiger charge is -2.33. The smallest absolute Gasteiger partial charge is 0.307 e. The number of amides is 1. The molecule has 2 N–H and O–H groups in total. The van der Waals surface area contributed by atoms with Crippen LogP contribution in [0, 0.1) is 0 Å². The lowest BCUT2D eigenvalue weighted by atomic mass is 9.88. The fraction of sp³-hybridized carbons (Fsp3) is 0.857. The Morgan fingerprint density at radius 1 is 1.38 bits per heavy atom. The zero-order chi connectivity index (χ0) is 15.0. The average molecular weight is 339 g/mol. The van der Waals surface area contributed by atoms with Crippen LogP contribution in [0.25, 0.3) is 0 Å². The number of esters is 1. The van der Waals surface area contributed by atoms with E-state index in [2.05, 4.69) is 10.6 Å². The molecule has 1 unspecified atom stereocenters. The van der Waals surface area contributed by atoms with Crippen molar-refractivity contribution in [3.63, 3.8) is 0 Å². The summed E-state index contributed by atoms with van der Waals surface area (Å²) in [4.78, 5) is 23.7. The third kappa shape index (κ3) is 6.89. The number of nitrogens with one attached hydrogen (secondary N) is 2. The minimum absolute atomic E-state index is 0. The van der Waals surface area contributed by atoms with E-state index in [1.54, 1.807) is 0 Å². The Labute approximate surface area is 137 Å². The molecule has 0 spiro atoms. The van der Waals surface area contributed by atoms with Crippen molar-refractivity contribution in [2.24, 2.45) is 0 Å². The van der Waals surface area contributed by atoms with Gasteiger partial charge in [0.1, 0.15) is 0 Å². The van der Waals surface area contributed by atoms with E-state index in [-0.39, 0.29) is 36.7 Å². The van der Waals surface area contributed by atoms with Crippen LogP contribution in [0.1, 0.15) is 39.5 Å². The summed E-state index contributed by atoms with van der Waals surface area (Å²) in [5, 5.41) is 6.40. The van der Waals surface area contributed by atoms with Gasteiger partial charge in [-0.05, 0) is 12.8 Å². The van der Waals surface area contributed by atoms with Crippen molar-refractivity contribution in [3.8, 4) is 0 Å². The first kappa shape index (κ1) is 20.5. The Bertz CT molecular complexity index is 332. The lowest BCUT2D eigenvalue weighted by molar-refractivity contribution is -0.142. The lowest BCUT2D eigenvalue weighted by Crippen LogP contribution is -2.51. The number of hydrogen-bond acceptors (Lipinski definition) is 5. The van der Waals surface area contributed by atoms with Crippen molar-refractivity contribution in [2.75, 3.05) is 25.2 Å². The standard InChI is InChI=1S/C14H26N2O3S.ClH/c1-4-14(5-2,9-13(18)19-3)16-12(17)8-11-10-20-7-6-15-11;/h11,15H,4-10H2,1-3H3,(H,16,17);1H. The van der Waals surface area contributed by atoms with E-state index in [1.165, 1.54) is 7.11 Å². The van der Waals surface area contributed by atoms with Crippen molar-refractivity contribution >= 4 is 36.0 Å². The molecular weight excluding hydrogens is 312 g/mol. The molecule has 21 heavy (non-hydrogen) atoms. The van der Waals surface area contributed by atoms with Crippen LogP contribution in [0.2, 0.25) is 0 Å². The summed E-state index contributed by atoms with van der Waals surface area (Å²) in [5.74, 6) is 1.81. The number of carbonyl (C=O) groups excluding carboxylic acids is 2. The zero-order valence-corrected chi connectivity index (χ0v) is 14.7. The summed E-state index contributed by atoms with van der Waals surface area (Å²) < 4.78 is 4.74. The van der Waals surface area contributed by atoms with Crippen molar-refractivity contribution in [2.45, 2.75) is 51.1 Å². The molecule has 0 aromatic heterocycles. The first-order valence-corrected chi connectivity index (χ1v) is 8.39. The fourth-order valence-corrected chi connectivity index (χ4v) is 3.34. The van der Waals surface area contributed by atoms with Crippen LogP contribution in [0.3, 0.4) is 0 Å². The SMILES string of the molecule is CCC(CC)(CC(=O)OC)NC(=O)CC1CSCCN1.Cl. The highest BCUT2D eigenvalue weighted by Gasteiger charge is 2.32. The Morgan fingerprint density at radius 3 is 2.52 bits per heavy atom.